The predicted octanol–water partition coefficient (Wildman–Crippen LogP) is 3.86. The van der Waals surface area contributed by atoms with Crippen LogP contribution in [0.1, 0.15) is 31.9 Å². The van der Waals surface area contributed by atoms with E-state index in [9.17, 15) is 14.0 Å². The highest BCUT2D eigenvalue weighted by Crippen LogP contribution is 2.14. The monoisotopic (exact) mass is 371 g/mol. The van der Waals surface area contributed by atoms with Gasteiger partial charge in [0, 0.05) is 18.3 Å². The largest absolute Gasteiger partial charge is 0.382 e. The summed E-state index contributed by atoms with van der Waals surface area (Å²) in [6.07, 6.45) is -0.858. The Morgan fingerprint density at radius 3 is 2.26 bits per heavy atom. The Morgan fingerprint density at radius 1 is 1.04 bits per heavy atom. The van der Waals surface area contributed by atoms with Crippen molar-refractivity contribution in [1.82, 2.24) is 0 Å². The number of amides is 2. The third-order valence-electron chi connectivity index (χ3n) is 3.78. The first-order valence-corrected chi connectivity index (χ1v) is 8.41. The van der Waals surface area contributed by atoms with Crippen LogP contribution in [0, 0.1) is 12.7 Å². The maximum atomic E-state index is 13.5. The van der Waals surface area contributed by atoms with E-state index in [1.165, 1.54) is 13.0 Å². The molecule has 0 aliphatic heterocycles. The molecule has 0 saturated heterocycles. The number of carbonyl (C=O) groups is 2. The highest BCUT2D eigenvalue weighted by Gasteiger charge is 2.15. The average molecular weight is 371 g/mol. The van der Waals surface area contributed by atoms with Crippen LogP contribution in [0.3, 0.4) is 0 Å². The van der Waals surface area contributed by atoms with Crippen molar-refractivity contribution in [2.45, 2.75) is 33.8 Å². The highest BCUT2D eigenvalue weighted by molar-refractivity contribution is 5.99. The number of carbonyl (C=O) groups excluding carboxylic acids is 2. The summed E-state index contributed by atoms with van der Waals surface area (Å²) in [6.45, 7) is 6.38. The Hall–Kier alpha value is -3.22. The average Bonchev–Trinajstić information content (AvgIpc) is 2.62. The number of nitrogens with one attached hydrogen (secondary N) is 2. The number of halogens is 1. The van der Waals surface area contributed by atoms with Crippen molar-refractivity contribution in [3.05, 3.63) is 59.4 Å². The Labute approximate surface area is 157 Å². The quantitative estimate of drug-likeness (QED) is 0.598. The van der Waals surface area contributed by atoms with Crippen molar-refractivity contribution in [2.75, 3.05) is 10.6 Å². The van der Waals surface area contributed by atoms with Crippen LogP contribution < -0.4 is 10.6 Å². The molecule has 1 atom stereocenters. The summed E-state index contributed by atoms with van der Waals surface area (Å²) in [5.41, 5.74) is 2.90. The molecule has 0 saturated carbocycles. The number of anilines is 2. The molecule has 0 spiro atoms. The molecule has 7 heteroatoms. The molecule has 2 amide bonds. The van der Waals surface area contributed by atoms with Gasteiger partial charge < -0.3 is 15.5 Å². The zero-order valence-corrected chi connectivity index (χ0v) is 15.7. The lowest BCUT2D eigenvalue weighted by atomic mass is 10.1. The van der Waals surface area contributed by atoms with Crippen LogP contribution in [0.4, 0.5) is 15.8 Å². The van der Waals surface area contributed by atoms with Gasteiger partial charge in [-0.1, -0.05) is 23.4 Å². The summed E-state index contributed by atoms with van der Waals surface area (Å²) in [6, 6.07) is 11.5. The number of oxime groups is 1. The molecule has 0 heterocycles. The van der Waals surface area contributed by atoms with Crippen LogP contribution in [-0.4, -0.2) is 23.6 Å². The van der Waals surface area contributed by atoms with Crippen molar-refractivity contribution < 1.29 is 18.8 Å². The van der Waals surface area contributed by atoms with E-state index in [0.29, 0.717) is 22.6 Å². The van der Waals surface area contributed by atoms with E-state index in [1.54, 1.807) is 57.2 Å². The summed E-state index contributed by atoms with van der Waals surface area (Å²) in [4.78, 5) is 28.4. The fourth-order valence-corrected chi connectivity index (χ4v) is 2.17. The number of hydrogen-bond acceptors (Lipinski definition) is 4. The van der Waals surface area contributed by atoms with E-state index in [-0.39, 0.29) is 5.91 Å². The van der Waals surface area contributed by atoms with Crippen LogP contribution in [0.5, 0.6) is 0 Å². The lowest BCUT2D eigenvalue weighted by Gasteiger charge is -2.12. The molecular formula is C20H22FN3O3. The molecule has 0 radical (unpaired) electrons. The molecule has 1 unspecified atom stereocenters. The number of rotatable bonds is 6. The molecule has 6 nitrogen and oxygen atoms in total. The summed E-state index contributed by atoms with van der Waals surface area (Å²) in [5.74, 6) is -0.974. The van der Waals surface area contributed by atoms with Gasteiger partial charge in [-0.2, -0.15) is 0 Å². The van der Waals surface area contributed by atoms with Crippen LogP contribution >= 0.6 is 0 Å². The smallest absolute Gasteiger partial charge is 0.267 e. The number of benzene rings is 2. The Balaban J connectivity index is 1.95. The lowest BCUT2D eigenvalue weighted by molar-refractivity contribution is -0.126. The van der Waals surface area contributed by atoms with E-state index >= 15 is 0 Å². The molecule has 0 aliphatic rings. The van der Waals surface area contributed by atoms with Gasteiger partial charge in [-0.05, 0) is 56.2 Å². The van der Waals surface area contributed by atoms with Gasteiger partial charge in [-0.15, -0.1) is 0 Å². The Kier molecular flexibility index (Phi) is 6.65. The SMILES string of the molecule is CC(=O)Nc1ccc(/C(C)=N/OC(C)C(=O)Nc2ccc(C)c(F)c2)cc1. The predicted molar refractivity (Wildman–Crippen MR) is 103 cm³/mol. The standard InChI is InChI=1S/C20H22FN3O3/c1-12-5-8-18(11-19(12)21)23-20(26)14(3)27-24-13(2)16-6-9-17(10-7-16)22-15(4)25/h5-11,14H,1-4H3,(H,22,25)(H,23,26)/b24-13+. The first kappa shape index (κ1) is 20.1. The van der Waals surface area contributed by atoms with Crippen molar-refractivity contribution in [3.63, 3.8) is 0 Å². The zero-order chi connectivity index (χ0) is 20.0. The Bertz CT molecular complexity index is 863. The molecule has 0 bridgehead atoms. The van der Waals surface area contributed by atoms with Gasteiger partial charge in [-0.25, -0.2) is 4.39 Å². The third kappa shape index (κ3) is 5.91. The van der Waals surface area contributed by atoms with E-state index < -0.39 is 17.8 Å². The number of hydrogen-bond donors (Lipinski definition) is 2. The van der Waals surface area contributed by atoms with Crippen LogP contribution in [0.25, 0.3) is 0 Å². The number of aryl methyl sites for hydroxylation is 1. The van der Waals surface area contributed by atoms with E-state index in [4.69, 9.17) is 4.84 Å². The molecule has 0 fully saturated rings. The molecule has 27 heavy (non-hydrogen) atoms. The molecule has 0 aliphatic carbocycles. The van der Waals surface area contributed by atoms with Crippen LogP contribution in [-0.2, 0) is 14.4 Å². The second-order valence-electron chi connectivity index (χ2n) is 6.14. The minimum absolute atomic E-state index is 0.148. The minimum Gasteiger partial charge on any atom is -0.382 e. The first-order valence-electron chi connectivity index (χ1n) is 8.41. The zero-order valence-electron chi connectivity index (χ0n) is 15.7. The molecule has 2 aromatic carbocycles. The normalized spacial score (nSPS) is 12.3. The van der Waals surface area contributed by atoms with Gasteiger partial charge in [0.25, 0.3) is 5.91 Å². The van der Waals surface area contributed by atoms with Crippen molar-refractivity contribution in [2.24, 2.45) is 5.16 Å². The molecule has 2 rings (SSSR count). The van der Waals surface area contributed by atoms with Gasteiger partial charge in [0.15, 0.2) is 0 Å². The first-order chi connectivity index (χ1) is 12.8. The fourth-order valence-electron chi connectivity index (χ4n) is 2.17. The highest BCUT2D eigenvalue weighted by atomic mass is 19.1. The summed E-state index contributed by atoms with van der Waals surface area (Å²) in [5, 5.41) is 9.24. The van der Waals surface area contributed by atoms with E-state index in [2.05, 4.69) is 15.8 Å². The summed E-state index contributed by atoms with van der Waals surface area (Å²) in [7, 11) is 0. The second-order valence-corrected chi connectivity index (χ2v) is 6.14. The maximum Gasteiger partial charge on any atom is 0.267 e. The minimum atomic E-state index is -0.858. The van der Waals surface area contributed by atoms with Gasteiger partial charge in [0.1, 0.15) is 5.82 Å². The maximum absolute atomic E-state index is 13.5. The fraction of sp³-hybridized carbons (Fsp3) is 0.250. The Morgan fingerprint density at radius 2 is 1.67 bits per heavy atom. The van der Waals surface area contributed by atoms with E-state index in [1.807, 2.05) is 0 Å². The van der Waals surface area contributed by atoms with Gasteiger partial charge >= 0.3 is 0 Å². The van der Waals surface area contributed by atoms with Crippen molar-refractivity contribution in [3.8, 4) is 0 Å². The number of nitrogens with zero attached hydrogens (tertiary/aromatic N) is 1. The topological polar surface area (TPSA) is 79.8 Å². The molecule has 142 valence electrons. The summed E-state index contributed by atoms with van der Waals surface area (Å²) >= 11 is 0. The van der Waals surface area contributed by atoms with Crippen LogP contribution in [0.2, 0.25) is 0 Å². The molecule has 2 aromatic rings. The van der Waals surface area contributed by atoms with E-state index in [0.717, 1.165) is 5.56 Å². The second kappa shape index (κ2) is 8.93. The molecule has 2 N–H and O–H groups in total. The van der Waals surface area contributed by atoms with Crippen molar-refractivity contribution >= 4 is 28.9 Å². The van der Waals surface area contributed by atoms with Gasteiger partial charge in [0.05, 0.1) is 5.71 Å². The van der Waals surface area contributed by atoms with Crippen LogP contribution in [0.15, 0.2) is 47.6 Å². The van der Waals surface area contributed by atoms with Crippen molar-refractivity contribution in [1.29, 1.82) is 0 Å². The van der Waals surface area contributed by atoms with Gasteiger partial charge in [-0.3, -0.25) is 9.59 Å². The third-order valence-corrected chi connectivity index (χ3v) is 3.78. The lowest BCUT2D eigenvalue weighted by Crippen LogP contribution is -2.26. The summed E-state index contributed by atoms with van der Waals surface area (Å²) < 4.78 is 13.5. The van der Waals surface area contributed by atoms with Gasteiger partial charge in [0.2, 0.25) is 12.0 Å². The molecular weight excluding hydrogens is 349 g/mol. The molecule has 0 aromatic heterocycles.